The van der Waals surface area contributed by atoms with Crippen molar-refractivity contribution in [1.29, 1.82) is 0 Å². The van der Waals surface area contributed by atoms with Crippen LogP contribution in [0.25, 0.3) is 99.9 Å². The van der Waals surface area contributed by atoms with Gasteiger partial charge in [0, 0.05) is 33.0 Å². The Hall–Kier alpha value is -6.91. The lowest BCUT2D eigenvalue weighted by Crippen LogP contribution is -2.01. The lowest BCUT2D eigenvalue weighted by Gasteiger charge is -2.14. The molecule has 0 saturated carbocycles. The highest BCUT2D eigenvalue weighted by Crippen LogP contribution is 2.42. The van der Waals surface area contributed by atoms with Crippen molar-refractivity contribution in [3.8, 4) is 56.4 Å². The Kier molecular flexibility index (Phi) is 6.78. The molecule has 2 heterocycles. The summed E-state index contributed by atoms with van der Waals surface area (Å²) in [4.78, 5) is 15.5. The first-order valence-corrected chi connectivity index (χ1v) is 17.1. The molecule has 0 atom stereocenters. The zero-order chi connectivity index (χ0) is 33.7. The summed E-state index contributed by atoms with van der Waals surface area (Å²) in [5, 5.41) is 6.76. The van der Waals surface area contributed by atoms with Crippen molar-refractivity contribution in [2.24, 2.45) is 0 Å². The third kappa shape index (κ3) is 5.13. The molecule has 238 valence electrons. The van der Waals surface area contributed by atoms with Gasteiger partial charge in [-0.3, -0.25) is 0 Å². The van der Waals surface area contributed by atoms with Crippen LogP contribution in [0.4, 0.5) is 0 Å². The SMILES string of the molecule is c1ccc(-c2ccc(-c3nc(-c4ccc5ccccc5c4)nc(-c4ccc5c(oc6ccccc65)c4-c4ccc5ccccc5c4)n3)cc2)cc1. The van der Waals surface area contributed by atoms with Gasteiger partial charge in [-0.05, 0) is 68.6 Å². The standard InChI is InChI=1S/C47H29N3O/c1-2-10-30(11-3-1)33-18-22-34(23-19-33)45-48-46(38-25-21-32-13-5-7-15-36(32)29-38)50-47(49-45)41-27-26-40-39-16-8-9-17-42(39)51-44(40)43(41)37-24-20-31-12-4-6-14-35(31)28-37/h1-29H. The number of hydrogen-bond donors (Lipinski definition) is 0. The van der Waals surface area contributed by atoms with Crippen LogP contribution in [-0.2, 0) is 0 Å². The molecule has 51 heavy (non-hydrogen) atoms. The van der Waals surface area contributed by atoms with E-state index in [1.165, 1.54) is 10.8 Å². The molecule has 0 fully saturated rings. The van der Waals surface area contributed by atoms with Crippen LogP contribution in [0.3, 0.4) is 0 Å². The Morgan fingerprint density at radius 2 is 0.863 bits per heavy atom. The first kappa shape index (κ1) is 29.0. The fourth-order valence-electron chi connectivity index (χ4n) is 7.13. The van der Waals surface area contributed by atoms with Gasteiger partial charge in [0.2, 0.25) is 0 Å². The summed E-state index contributed by atoms with van der Waals surface area (Å²) in [6.07, 6.45) is 0. The number of nitrogens with zero attached hydrogens (tertiary/aromatic N) is 3. The van der Waals surface area contributed by atoms with Crippen LogP contribution in [0.5, 0.6) is 0 Å². The second kappa shape index (κ2) is 11.9. The Morgan fingerprint density at radius 3 is 1.61 bits per heavy atom. The number of fused-ring (bicyclic) bond motifs is 5. The maximum Gasteiger partial charge on any atom is 0.164 e. The van der Waals surface area contributed by atoms with Crippen LogP contribution in [0, 0.1) is 0 Å². The average molecular weight is 652 g/mol. The maximum absolute atomic E-state index is 6.67. The molecular formula is C47H29N3O. The summed E-state index contributed by atoms with van der Waals surface area (Å²) in [6, 6.07) is 61.1. The van der Waals surface area contributed by atoms with E-state index >= 15 is 0 Å². The lowest BCUT2D eigenvalue weighted by molar-refractivity contribution is 0.670. The van der Waals surface area contributed by atoms with Crippen molar-refractivity contribution in [3.63, 3.8) is 0 Å². The topological polar surface area (TPSA) is 51.8 Å². The van der Waals surface area contributed by atoms with Gasteiger partial charge in [-0.2, -0.15) is 0 Å². The first-order chi connectivity index (χ1) is 25.2. The molecule has 4 nitrogen and oxygen atoms in total. The predicted molar refractivity (Wildman–Crippen MR) is 209 cm³/mol. The molecule has 0 amide bonds. The summed E-state index contributed by atoms with van der Waals surface area (Å²) in [5.74, 6) is 1.81. The Labute approximate surface area is 294 Å². The fourth-order valence-corrected chi connectivity index (χ4v) is 7.13. The number of benzene rings is 8. The van der Waals surface area contributed by atoms with Gasteiger partial charge < -0.3 is 4.42 Å². The molecule has 0 unspecified atom stereocenters. The van der Waals surface area contributed by atoms with Crippen molar-refractivity contribution < 1.29 is 4.42 Å². The summed E-state index contributed by atoms with van der Waals surface area (Å²) in [6.45, 7) is 0. The third-order valence-corrected chi connectivity index (χ3v) is 9.72. The van der Waals surface area contributed by atoms with E-state index in [1.54, 1.807) is 0 Å². The molecule has 10 rings (SSSR count). The molecule has 8 aromatic carbocycles. The molecule has 0 aliphatic heterocycles. The predicted octanol–water partition coefficient (Wildman–Crippen LogP) is 12.4. The molecule has 2 aromatic heterocycles. The zero-order valence-corrected chi connectivity index (χ0v) is 27.5. The molecule has 10 aromatic rings. The summed E-state index contributed by atoms with van der Waals surface area (Å²) in [7, 11) is 0. The van der Waals surface area contributed by atoms with Crippen molar-refractivity contribution in [2.75, 3.05) is 0 Å². The van der Waals surface area contributed by atoms with E-state index in [4.69, 9.17) is 19.4 Å². The molecule has 0 radical (unpaired) electrons. The van der Waals surface area contributed by atoms with Gasteiger partial charge in [0.1, 0.15) is 11.2 Å². The summed E-state index contributed by atoms with van der Waals surface area (Å²) < 4.78 is 6.67. The minimum absolute atomic E-state index is 0.584. The number of hydrogen-bond acceptors (Lipinski definition) is 4. The van der Waals surface area contributed by atoms with E-state index < -0.39 is 0 Å². The lowest BCUT2D eigenvalue weighted by atomic mass is 9.94. The van der Waals surface area contributed by atoms with E-state index in [-0.39, 0.29) is 0 Å². The highest BCUT2D eigenvalue weighted by atomic mass is 16.3. The van der Waals surface area contributed by atoms with E-state index in [0.717, 1.165) is 71.7 Å². The zero-order valence-electron chi connectivity index (χ0n) is 27.5. The molecule has 0 N–H and O–H groups in total. The van der Waals surface area contributed by atoms with Crippen molar-refractivity contribution in [3.05, 3.63) is 176 Å². The van der Waals surface area contributed by atoms with Crippen LogP contribution in [-0.4, -0.2) is 15.0 Å². The number of aromatic nitrogens is 3. The highest BCUT2D eigenvalue weighted by molar-refractivity contribution is 6.13. The van der Waals surface area contributed by atoms with Gasteiger partial charge >= 0.3 is 0 Å². The molecule has 0 bridgehead atoms. The second-order valence-electron chi connectivity index (χ2n) is 12.8. The van der Waals surface area contributed by atoms with E-state index in [2.05, 4.69) is 158 Å². The molecule has 0 aliphatic rings. The Bertz CT molecular complexity index is 2910. The van der Waals surface area contributed by atoms with Crippen LogP contribution < -0.4 is 0 Å². The number of para-hydroxylation sites is 1. The van der Waals surface area contributed by atoms with Crippen molar-refractivity contribution in [1.82, 2.24) is 15.0 Å². The summed E-state index contributed by atoms with van der Waals surface area (Å²) >= 11 is 0. The van der Waals surface area contributed by atoms with Gasteiger partial charge in [0.25, 0.3) is 0 Å². The van der Waals surface area contributed by atoms with E-state index in [0.29, 0.717) is 17.5 Å². The number of rotatable bonds is 5. The summed E-state index contributed by atoms with van der Waals surface area (Å²) in [5.41, 5.74) is 8.67. The van der Waals surface area contributed by atoms with Crippen molar-refractivity contribution in [2.45, 2.75) is 0 Å². The van der Waals surface area contributed by atoms with Crippen molar-refractivity contribution >= 4 is 43.5 Å². The molecule has 0 spiro atoms. The Balaban J connectivity index is 1.22. The van der Waals surface area contributed by atoms with Gasteiger partial charge in [0.15, 0.2) is 17.5 Å². The van der Waals surface area contributed by atoms with Crippen LogP contribution in [0.1, 0.15) is 0 Å². The van der Waals surface area contributed by atoms with Crippen LogP contribution in [0.2, 0.25) is 0 Å². The smallest absolute Gasteiger partial charge is 0.164 e. The number of furan rings is 1. The molecule has 4 heteroatoms. The second-order valence-corrected chi connectivity index (χ2v) is 12.8. The molecular weight excluding hydrogens is 623 g/mol. The first-order valence-electron chi connectivity index (χ1n) is 17.1. The third-order valence-electron chi connectivity index (χ3n) is 9.72. The van der Waals surface area contributed by atoms with E-state index in [1.807, 2.05) is 18.2 Å². The van der Waals surface area contributed by atoms with E-state index in [9.17, 15) is 0 Å². The maximum atomic E-state index is 6.67. The highest BCUT2D eigenvalue weighted by Gasteiger charge is 2.21. The van der Waals surface area contributed by atoms with Gasteiger partial charge in [-0.1, -0.05) is 146 Å². The normalized spacial score (nSPS) is 11.5. The quantitative estimate of drug-likeness (QED) is 0.186. The minimum atomic E-state index is 0.584. The monoisotopic (exact) mass is 651 g/mol. The minimum Gasteiger partial charge on any atom is -0.455 e. The Morgan fingerprint density at radius 1 is 0.333 bits per heavy atom. The van der Waals surface area contributed by atoms with Crippen LogP contribution >= 0.6 is 0 Å². The van der Waals surface area contributed by atoms with Gasteiger partial charge in [-0.25, -0.2) is 15.0 Å². The van der Waals surface area contributed by atoms with Gasteiger partial charge in [-0.15, -0.1) is 0 Å². The fraction of sp³-hybridized carbons (Fsp3) is 0. The molecule has 0 saturated heterocycles. The van der Waals surface area contributed by atoms with Gasteiger partial charge in [0.05, 0.1) is 0 Å². The van der Waals surface area contributed by atoms with Crippen LogP contribution in [0.15, 0.2) is 180 Å². The molecule has 0 aliphatic carbocycles. The average Bonchev–Trinajstić information content (AvgIpc) is 3.59. The largest absolute Gasteiger partial charge is 0.455 e.